The van der Waals surface area contributed by atoms with Crippen LogP contribution in [0.3, 0.4) is 0 Å². The molecule has 124 valence electrons. The van der Waals surface area contributed by atoms with Gasteiger partial charge in [-0.2, -0.15) is 0 Å². The van der Waals surface area contributed by atoms with Gasteiger partial charge in [0.05, 0.1) is 0 Å². The van der Waals surface area contributed by atoms with Crippen LogP contribution in [-0.4, -0.2) is 5.78 Å². The van der Waals surface area contributed by atoms with E-state index in [0.717, 1.165) is 21.7 Å². The molecule has 0 aliphatic rings. The number of halogens is 1. The zero-order valence-electron chi connectivity index (χ0n) is 13.8. The van der Waals surface area contributed by atoms with Gasteiger partial charge in [0.15, 0.2) is 5.78 Å². The molecule has 0 aromatic heterocycles. The van der Waals surface area contributed by atoms with Crippen molar-refractivity contribution in [2.45, 2.75) is 12.3 Å². The Morgan fingerprint density at radius 3 is 2.08 bits per heavy atom. The topological polar surface area (TPSA) is 17.1 Å². The summed E-state index contributed by atoms with van der Waals surface area (Å²) in [4.78, 5) is 12.6. The van der Waals surface area contributed by atoms with E-state index in [4.69, 9.17) is 11.6 Å². The number of hydrogen-bond acceptors (Lipinski definition) is 1. The Labute approximate surface area is 153 Å². The van der Waals surface area contributed by atoms with Gasteiger partial charge >= 0.3 is 0 Å². The predicted molar refractivity (Wildman–Crippen MR) is 105 cm³/mol. The number of rotatable bonds is 6. The Kier molecular flexibility index (Phi) is 5.81. The molecule has 0 amide bonds. The molecule has 0 bridgehead atoms. The Morgan fingerprint density at radius 2 is 1.44 bits per heavy atom. The SMILES string of the molecule is O=C(CC(/C=C/c1ccc(Cl)cc1)c1ccccc1)c1ccccc1. The lowest BCUT2D eigenvalue weighted by molar-refractivity contribution is 0.0978. The number of allylic oxidation sites excluding steroid dienone is 1. The summed E-state index contributed by atoms with van der Waals surface area (Å²) < 4.78 is 0. The van der Waals surface area contributed by atoms with Crippen LogP contribution in [0.4, 0.5) is 0 Å². The van der Waals surface area contributed by atoms with E-state index < -0.39 is 0 Å². The molecule has 3 rings (SSSR count). The van der Waals surface area contributed by atoms with Crippen LogP contribution in [0.1, 0.15) is 33.8 Å². The molecular formula is C23H19ClO. The van der Waals surface area contributed by atoms with Gasteiger partial charge in [-0.05, 0) is 23.3 Å². The van der Waals surface area contributed by atoms with E-state index >= 15 is 0 Å². The minimum Gasteiger partial charge on any atom is -0.294 e. The molecule has 1 nitrogen and oxygen atoms in total. The third kappa shape index (κ3) is 4.91. The molecule has 0 spiro atoms. The molecule has 0 aliphatic heterocycles. The summed E-state index contributed by atoms with van der Waals surface area (Å²) in [5.41, 5.74) is 2.96. The molecule has 0 saturated carbocycles. The maximum atomic E-state index is 12.6. The molecule has 0 aliphatic carbocycles. The molecule has 3 aromatic carbocycles. The molecule has 0 N–H and O–H groups in total. The molecule has 3 aromatic rings. The Balaban J connectivity index is 1.83. The van der Waals surface area contributed by atoms with Crippen LogP contribution in [0.2, 0.25) is 5.02 Å². The van der Waals surface area contributed by atoms with Gasteiger partial charge in [-0.1, -0.05) is 96.5 Å². The van der Waals surface area contributed by atoms with Crippen LogP contribution in [0.15, 0.2) is 91.0 Å². The minimum atomic E-state index is 0.0320. The fourth-order valence-electron chi connectivity index (χ4n) is 2.74. The quantitative estimate of drug-likeness (QED) is 0.471. The lowest BCUT2D eigenvalue weighted by atomic mass is 9.90. The highest BCUT2D eigenvalue weighted by atomic mass is 35.5. The molecule has 0 fully saturated rings. The zero-order valence-corrected chi connectivity index (χ0v) is 14.6. The van der Waals surface area contributed by atoms with Crippen LogP contribution < -0.4 is 0 Å². The minimum absolute atomic E-state index is 0.0320. The van der Waals surface area contributed by atoms with Crippen LogP contribution in [0.25, 0.3) is 6.08 Å². The molecule has 1 unspecified atom stereocenters. The molecule has 25 heavy (non-hydrogen) atoms. The first-order valence-corrected chi connectivity index (χ1v) is 8.67. The highest BCUT2D eigenvalue weighted by Crippen LogP contribution is 2.24. The van der Waals surface area contributed by atoms with Crippen molar-refractivity contribution in [3.8, 4) is 0 Å². The van der Waals surface area contributed by atoms with Gasteiger partial charge in [-0.25, -0.2) is 0 Å². The van der Waals surface area contributed by atoms with E-state index in [2.05, 4.69) is 18.2 Å². The number of hydrogen-bond donors (Lipinski definition) is 0. The van der Waals surface area contributed by atoms with Crippen LogP contribution in [0.5, 0.6) is 0 Å². The predicted octanol–water partition coefficient (Wildman–Crippen LogP) is 6.41. The molecule has 1 atom stereocenters. The second-order valence-corrected chi connectivity index (χ2v) is 6.36. The standard InChI is InChI=1S/C23H19ClO/c24-22-15-12-18(13-16-22)11-14-21(19-7-3-1-4-8-19)17-23(25)20-9-5-2-6-10-20/h1-16,21H,17H2/b14-11+. The van der Waals surface area contributed by atoms with Crippen LogP contribution in [-0.2, 0) is 0 Å². The Bertz CT molecular complexity index is 836. The largest absolute Gasteiger partial charge is 0.294 e. The fourth-order valence-corrected chi connectivity index (χ4v) is 2.87. The van der Waals surface area contributed by atoms with Crippen molar-refractivity contribution < 1.29 is 4.79 Å². The second-order valence-electron chi connectivity index (χ2n) is 5.92. The van der Waals surface area contributed by atoms with Crippen molar-refractivity contribution in [1.82, 2.24) is 0 Å². The van der Waals surface area contributed by atoms with E-state index in [1.807, 2.05) is 78.9 Å². The van der Waals surface area contributed by atoms with Gasteiger partial charge in [-0.3, -0.25) is 4.79 Å². The van der Waals surface area contributed by atoms with Gasteiger partial charge in [-0.15, -0.1) is 0 Å². The summed E-state index contributed by atoms with van der Waals surface area (Å²) in [6, 6.07) is 27.3. The highest BCUT2D eigenvalue weighted by molar-refractivity contribution is 6.30. The van der Waals surface area contributed by atoms with Gasteiger partial charge < -0.3 is 0 Å². The smallest absolute Gasteiger partial charge is 0.163 e. The van der Waals surface area contributed by atoms with Gasteiger partial charge in [0, 0.05) is 22.9 Å². The first-order chi connectivity index (χ1) is 12.2. The third-order valence-corrected chi connectivity index (χ3v) is 4.37. The van der Waals surface area contributed by atoms with Crippen molar-refractivity contribution in [2.75, 3.05) is 0 Å². The molecule has 2 heteroatoms. The summed E-state index contributed by atoms with van der Waals surface area (Å²) in [6.45, 7) is 0. The lowest BCUT2D eigenvalue weighted by Crippen LogP contribution is -2.06. The van der Waals surface area contributed by atoms with Crippen LogP contribution >= 0.6 is 11.6 Å². The Hall–Kier alpha value is -2.64. The maximum absolute atomic E-state index is 12.6. The van der Waals surface area contributed by atoms with E-state index in [1.165, 1.54) is 0 Å². The van der Waals surface area contributed by atoms with Gasteiger partial charge in [0.1, 0.15) is 0 Å². The van der Waals surface area contributed by atoms with E-state index in [1.54, 1.807) is 0 Å². The summed E-state index contributed by atoms with van der Waals surface area (Å²) in [6.07, 6.45) is 4.59. The second kappa shape index (κ2) is 8.46. The summed E-state index contributed by atoms with van der Waals surface area (Å²) >= 11 is 5.94. The number of benzene rings is 3. The number of ketones is 1. The zero-order chi connectivity index (χ0) is 17.5. The van der Waals surface area contributed by atoms with E-state index in [-0.39, 0.29) is 11.7 Å². The third-order valence-electron chi connectivity index (χ3n) is 4.12. The van der Waals surface area contributed by atoms with Crippen molar-refractivity contribution in [3.63, 3.8) is 0 Å². The number of carbonyl (C=O) groups is 1. The average Bonchev–Trinajstić information content (AvgIpc) is 2.67. The lowest BCUT2D eigenvalue weighted by Gasteiger charge is -2.13. The van der Waals surface area contributed by atoms with Crippen molar-refractivity contribution >= 4 is 23.5 Å². The van der Waals surface area contributed by atoms with Crippen LogP contribution in [0, 0.1) is 0 Å². The van der Waals surface area contributed by atoms with Crippen molar-refractivity contribution in [3.05, 3.63) is 113 Å². The van der Waals surface area contributed by atoms with Crippen molar-refractivity contribution in [1.29, 1.82) is 0 Å². The maximum Gasteiger partial charge on any atom is 0.163 e. The highest BCUT2D eigenvalue weighted by Gasteiger charge is 2.14. The van der Waals surface area contributed by atoms with Gasteiger partial charge in [0.2, 0.25) is 0 Å². The first kappa shape index (κ1) is 17.2. The van der Waals surface area contributed by atoms with E-state index in [0.29, 0.717) is 6.42 Å². The molecule has 0 radical (unpaired) electrons. The molecule has 0 saturated heterocycles. The number of Topliss-reactive ketones (excluding diaryl/α,β-unsaturated/α-hetero) is 1. The normalized spacial score (nSPS) is 12.2. The first-order valence-electron chi connectivity index (χ1n) is 8.29. The number of carbonyl (C=O) groups excluding carboxylic acids is 1. The van der Waals surface area contributed by atoms with E-state index in [9.17, 15) is 4.79 Å². The summed E-state index contributed by atoms with van der Waals surface area (Å²) in [5.74, 6) is 0.180. The summed E-state index contributed by atoms with van der Waals surface area (Å²) in [7, 11) is 0. The van der Waals surface area contributed by atoms with Gasteiger partial charge in [0.25, 0.3) is 0 Å². The average molecular weight is 347 g/mol. The fraction of sp³-hybridized carbons (Fsp3) is 0.0870. The molecular weight excluding hydrogens is 328 g/mol. The monoisotopic (exact) mass is 346 g/mol. The Morgan fingerprint density at radius 1 is 0.840 bits per heavy atom. The summed E-state index contributed by atoms with van der Waals surface area (Å²) in [5, 5.41) is 0.719. The molecule has 0 heterocycles. The van der Waals surface area contributed by atoms with Crippen molar-refractivity contribution in [2.24, 2.45) is 0 Å².